The molecule has 0 atom stereocenters. The van der Waals surface area contributed by atoms with E-state index in [9.17, 15) is 14.4 Å². The van der Waals surface area contributed by atoms with Crippen LogP contribution in [-0.2, 0) is 24.6 Å². The normalized spacial score (nSPS) is 20.9. The highest BCUT2D eigenvalue weighted by molar-refractivity contribution is 6.02. The van der Waals surface area contributed by atoms with E-state index in [1.54, 1.807) is 0 Å². The summed E-state index contributed by atoms with van der Waals surface area (Å²) >= 11 is 0. The number of nitrogens with zero attached hydrogens (tertiary/aromatic N) is 1. The van der Waals surface area contributed by atoms with E-state index >= 15 is 0 Å². The van der Waals surface area contributed by atoms with Gasteiger partial charge >= 0.3 is 5.97 Å². The van der Waals surface area contributed by atoms with Crippen LogP contribution in [0.3, 0.4) is 0 Å². The molecule has 0 bridgehead atoms. The molecule has 2 aliphatic rings. The molecule has 1 aromatic rings. The number of carbonyl (C=O) groups is 3. The fraction of sp³-hybridized carbons (Fsp3) is 0.438. The van der Waals surface area contributed by atoms with Crippen molar-refractivity contribution in [3.63, 3.8) is 0 Å². The first kappa shape index (κ1) is 13.8. The average molecular weight is 287 g/mol. The van der Waals surface area contributed by atoms with E-state index in [-0.39, 0.29) is 12.8 Å². The lowest BCUT2D eigenvalue weighted by Gasteiger charge is -2.28. The van der Waals surface area contributed by atoms with Gasteiger partial charge in [0.1, 0.15) is 0 Å². The summed E-state index contributed by atoms with van der Waals surface area (Å²) in [4.78, 5) is 41.0. The molecular weight excluding hydrogens is 270 g/mol. The molecule has 1 aromatic carbocycles. The monoisotopic (exact) mass is 287 g/mol. The first-order valence-corrected chi connectivity index (χ1v) is 7.27. The van der Waals surface area contributed by atoms with Gasteiger partial charge in [-0.25, -0.2) is 4.79 Å². The lowest BCUT2D eigenvalue weighted by atomic mass is 9.79. The lowest BCUT2D eigenvalue weighted by molar-refractivity contribution is -0.202. The molecule has 21 heavy (non-hydrogen) atoms. The predicted octanol–water partition coefficient (Wildman–Crippen LogP) is 2.11. The summed E-state index contributed by atoms with van der Waals surface area (Å²) < 4.78 is 0. The van der Waals surface area contributed by atoms with Gasteiger partial charge in [-0.2, -0.15) is 0 Å². The van der Waals surface area contributed by atoms with Gasteiger partial charge in [0.15, 0.2) is 0 Å². The van der Waals surface area contributed by atoms with Crippen LogP contribution in [0.1, 0.15) is 44.1 Å². The van der Waals surface area contributed by atoms with Gasteiger partial charge in [0, 0.05) is 12.8 Å². The van der Waals surface area contributed by atoms with E-state index in [0.717, 1.165) is 18.4 Å². The van der Waals surface area contributed by atoms with Crippen molar-refractivity contribution >= 4 is 17.8 Å². The molecule has 5 nitrogen and oxygen atoms in total. The molecule has 0 aromatic heterocycles. The fourth-order valence-corrected chi connectivity index (χ4v) is 3.17. The first-order valence-electron chi connectivity index (χ1n) is 7.27. The number of hydrogen-bond acceptors (Lipinski definition) is 4. The lowest BCUT2D eigenvalue weighted by Crippen LogP contribution is -2.41. The number of carbonyl (C=O) groups excluding carboxylic acids is 3. The number of rotatable bonds is 3. The third-order valence-electron chi connectivity index (χ3n) is 4.35. The standard InChI is InChI=1S/C16H17NO4/c18-13-8-9-14(19)17(13)21-15(20)16(10-4-5-11-16)12-6-2-1-3-7-12/h1-3,6-7H,4-5,8-11H2. The highest BCUT2D eigenvalue weighted by Gasteiger charge is 2.47. The first-order chi connectivity index (χ1) is 10.1. The molecule has 2 amide bonds. The molecule has 1 aliphatic carbocycles. The van der Waals surface area contributed by atoms with Gasteiger partial charge in [-0.05, 0) is 18.4 Å². The van der Waals surface area contributed by atoms with E-state index in [0.29, 0.717) is 17.9 Å². The molecule has 1 saturated carbocycles. The quantitative estimate of drug-likeness (QED) is 0.799. The van der Waals surface area contributed by atoms with E-state index in [4.69, 9.17) is 4.84 Å². The van der Waals surface area contributed by atoms with Crippen LogP contribution in [0.4, 0.5) is 0 Å². The number of imide groups is 1. The van der Waals surface area contributed by atoms with Crippen molar-refractivity contribution in [2.24, 2.45) is 0 Å². The molecule has 1 heterocycles. The number of benzene rings is 1. The smallest absolute Gasteiger partial charge is 0.329 e. The molecule has 0 radical (unpaired) electrons. The summed E-state index contributed by atoms with van der Waals surface area (Å²) in [5.41, 5.74) is 0.163. The van der Waals surface area contributed by atoms with Gasteiger partial charge in [0.25, 0.3) is 11.8 Å². The highest BCUT2D eigenvalue weighted by Crippen LogP contribution is 2.42. The summed E-state index contributed by atoms with van der Waals surface area (Å²) in [6, 6.07) is 9.47. The van der Waals surface area contributed by atoms with Gasteiger partial charge < -0.3 is 4.84 Å². The van der Waals surface area contributed by atoms with Crippen LogP contribution in [0.25, 0.3) is 0 Å². The Labute approximate surface area is 122 Å². The van der Waals surface area contributed by atoms with Crippen molar-refractivity contribution in [3.05, 3.63) is 35.9 Å². The van der Waals surface area contributed by atoms with Crippen molar-refractivity contribution in [1.82, 2.24) is 5.06 Å². The topological polar surface area (TPSA) is 63.7 Å². The molecular formula is C16H17NO4. The van der Waals surface area contributed by atoms with Crippen molar-refractivity contribution in [2.45, 2.75) is 43.9 Å². The summed E-state index contributed by atoms with van der Waals surface area (Å²) in [5, 5.41) is 0.644. The minimum Gasteiger partial charge on any atom is -0.329 e. The summed E-state index contributed by atoms with van der Waals surface area (Å²) in [7, 11) is 0. The Kier molecular flexibility index (Phi) is 3.49. The van der Waals surface area contributed by atoms with Crippen molar-refractivity contribution < 1.29 is 19.2 Å². The Morgan fingerprint density at radius 2 is 1.57 bits per heavy atom. The molecule has 3 rings (SSSR count). The average Bonchev–Trinajstić information content (AvgIpc) is 3.11. The van der Waals surface area contributed by atoms with Crippen molar-refractivity contribution in [2.75, 3.05) is 0 Å². The second kappa shape index (κ2) is 5.31. The van der Waals surface area contributed by atoms with Gasteiger partial charge in [0.05, 0.1) is 5.41 Å². The molecule has 1 saturated heterocycles. The van der Waals surface area contributed by atoms with Gasteiger partial charge in [-0.3, -0.25) is 9.59 Å². The van der Waals surface area contributed by atoms with E-state index in [1.807, 2.05) is 30.3 Å². The zero-order chi connectivity index (χ0) is 14.9. The van der Waals surface area contributed by atoms with Gasteiger partial charge in [0.2, 0.25) is 0 Å². The zero-order valence-electron chi connectivity index (χ0n) is 11.7. The molecule has 0 spiro atoms. The molecule has 0 N–H and O–H groups in total. The third kappa shape index (κ3) is 2.33. The number of hydrogen-bond donors (Lipinski definition) is 0. The Morgan fingerprint density at radius 1 is 1.00 bits per heavy atom. The SMILES string of the molecule is O=C1CCC(=O)N1OC(=O)C1(c2ccccc2)CCCC1. The maximum absolute atomic E-state index is 12.6. The largest absolute Gasteiger partial charge is 0.343 e. The molecule has 110 valence electrons. The maximum Gasteiger partial charge on any atom is 0.343 e. The highest BCUT2D eigenvalue weighted by atomic mass is 16.7. The molecule has 2 fully saturated rings. The molecule has 5 heteroatoms. The second-order valence-corrected chi connectivity index (χ2v) is 5.62. The van der Waals surface area contributed by atoms with E-state index in [1.165, 1.54) is 0 Å². The molecule has 1 aliphatic heterocycles. The van der Waals surface area contributed by atoms with Crippen LogP contribution in [0.15, 0.2) is 30.3 Å². The minimum atomic E-state index is -0.732. The molecule has 0 unspecified atom stereocenters. The maximum atomic E-state index is 12.6. The van der Waals surface area contributed by atoms with Gasteiger partial charge in [-0.1, -0.05) is 43.2 Å². The van der Waals surface area contributed by atoms with Crippen LogP contribution in [0.5, 0.6) is 0 Å². The van der Waals surface area contributed by atoms with Crippen LogP contribution < -0.4 is 0 Å². The van der Waals surface area contributed by atoms with Crippen molar-refractivity contribution in [1.29, 1.82) is 0 Å². The van der Waals surface area contributed by atoms with E-state index in [2.05, 4.69) is 0 Å². The number of amides is 2. The summed E-state index contributed by atoms with van der Waals surface area (Å²) in [6.45, 7) is 0. The fourth-order valence-electron chi connectivity index (χ4n) is 3.17. The van der Waals surface area contributed by atoms with Crippen molar-refractivity contribution in [3.8, 4) is 0 Å². The van der Waals surface area contributed by atoms with Crippen LogP contribution in [0, 0.1) is 0 Å². The summed E-state index contributed by atoms with van der Waals surface area (Å²) in [5.74, 6) is -1.36. The van der Waals surface area contributed by atoms with Crippen LogP contribution in [0.2, 0.25) is 0 Å². The Hall–Kier alpha value is -2.17. The summed E-state index contributed by atoms with van der Waals surface area (Å²) in [6.07, 6.45) is 3.48. The van der Waals surface area contributed by atoms with Gasteiger partial charge in [-0.15, -0.1) is 5.06 Å². The number of hydroxylamine groups is 2. The Morgan fingerprint density at radius 3 is 2.14 bits per heavy atom. The predicted molar refractivity (Wildman–Crippen MR) is 73.8 cm³/mol. The van der Waals surface area contributed by atoms with Crippen LogP contribution in [-0.4, -0.2) is 22.8 Å². The zero-order valence-corrected chi connectivity index (χ0v) is 11.7. The Balaban J connectivity index is 1.86. The van der Waals surface area contributed by atoms with Crippen LogP contribution >= 0.6 is 0 Å². The minimum absolute atomic E-state index is 0.116. The van der Waals surface area contributed by atoms with E-state index < -0.39 is 23.2 Å². The Bertz CT molecular complexity index is 559. The third-order valence-corrected chi connectivity index (χ3v) is 4.35. The second-order valence-electron chi connectivity index (χ2n) is 5.62.